The van der Waals surface area contributed by atoms with Crippen molar-refractivity contribution in [2.24, 2.45) is 10.2 Å². The monoisotopic (exact) mass is 538 g/mol. The molecule has 0 aliphatic carbocycles. The fourth-order valence-corrected chi connectivity index (χ4v) is 5.38. The third-order valence-corrected chi connectivity index (χ3v) is 7.47. The molecule has 0 bridgehead atoms. The molecule has 41 heavy (non-hydrogen) atoms. The second kappa shape index (κ2) is 9.91. The Kier molecular flexibility index (Phi) is 5.93. The van der Waals surface area contributed by atoms with Crippen LogP contribution in [0.1, 0.15) is 34.7 Å². The first-order chi connectivity index (χ1) is 20.0. The molecule has 7 rings (SSSR count). The molecule has 4 aromatic carbocycles. The Labute approximate surface area is 234 Å². The summed E-state index contributed by atoms with van der Waals surface area (Å²) in [5, 5.41) is 12.1. The van der Waals surface area contributed by atoms with Crippen LogP contribution in [0.4, 0.5) is 5.69 Å². The van der Waals surface area contributed by atoms with E-state index >= 15 is 0 Å². The quantitative estimate of drug-likeness (QED) is 0.275. The highest BCUT2D eigenvalue weighted by Crippen LogP contribution is 2.36. The number of nitrogens with one attached hydrogen (secondary N) is 2. The van der Waals surface area contributed by atoms with Crippen molar-refractivity contribution in [1.82, 2.24) is 14.6 Å². The number of aromatic amines is 2. The molecule has 0 amide bonds. The SMILES string of the molecule is Cc1ccc2[nH]c3c(=O)n(/N=C\c4ccc(N5N=C(c6ccccc6)C[C@@H]5c5ccccc5)cc4)c(=O)[nH]c3c2c1. The topological polar surface area (TPSA) is 98.6 Å². The lowest BCUT2D eigenvalue weighted by molar-refractivity contribution is 0.709. The molecule has 8 nitrogen and oxygen atoms in total. The Bertz CT molecular complexity index is 2070. The van der Waals surface area contributed by atoms with Crippen LogP contribution >= 0.6 is 0 Å². The molecule has 6 aromatic rings. The summed E-state index contributed by atoms with van der Waals surface area (Å²) in [5.74, 6) is 0. The summed E-state index contributed by atoms with van der Waals surface area (Å²) in [6, 6.07) is 34.2. The van der Waals surface area contributed by atoms with Crippen LogP contribution in [-0.2, 0) is 0 Å². The molecule has 0 saturated carbocycles. The second-order valence-electron chi connectivity index (χ2n) is 10.2. The van der Waals surface area contributed by atoms with E-state index in [0.29, 0.717) is 11.0 Å². The fourth-order valence-electron chi connectivity index (χ4n) is 5.38. The Morgan fingerprint density at radius 1 is 0.854 bits per heavy atom. The van der Waals surface area contributed by atoms with Crippen LogP contribution in [0.2, 0.25) is 0 Å². The van der Waals surface area contributed by atoms with E-state index in [2.05, 4.69) is 44.3 Å². The zero-order chi connectivity index (χ0) is 27.9. The van der Waals surface area contributed by atoms with Gasteiger partial charge in [-0.1, -0.05) is 84.4 Å². The number of rotatable bonds is 5. The van der Waals surface area contributed by atoms with Crippen molar-refractivity contribution in [1.29, 1.82) is 0 Å². The van der Waals surface area contributed by atoms with Crippen molar-refractivity contribution in [3.63, 3.8) is 0 Å². The van der Waals surface area contributed by atoms with Crippen LogP contribution in [0, 0.1) is 6.92 Å². The van der Waals surface area contributed by atoms with Crippen molar-refractivity contribution in [3.05, 3.63) is 146 Å². The van der Waals surface area contributed by atoms with E-state index < -0.39 is 11.2 Å². The van der Waals surface area contributed by atoms with Crippen molar-refractivity contribution in [2.45, 2.75) is 19.4 Å². The lowest BCUT2D eigenvalue weighted by atomic mass is 9.98. The van der Waals surface area contributed by atoms with E-state index in [4.69, 9.17) is 5.10 Å². The summed E-state index contributed by atoms with van der Waals surface area (Å²) < 4.78 is 0.848. The highest BCUT2D eigenvalue weighted by molar-refractivity contribution is 6.05. The predicted molar refractivity (Wildman–Crippen MR) is 164 cm³/mol. The molecule has 0 fully saturated rings. The highest BCUT2D eigenvalue weighted by atomic mass is 16.2. The van der Waals surface area contributed by atoms with Gasteiger partial charge in [0.05, 0.1) is 29.2 Å². The van der Waals surface area contributed by atoms with Gasteiger partial charge in [-0.05, 0) is 47.9 Å². The molecular formula is C33H26N6O2. The number of hydrogen-bond acceptors (Lipinski definition) is 5. The van der Waals surface area contributed by atoms with Crippen molar-refractivity contribution < 1.29 is 0 Å². The van der Waals surface area contributed by atoms with E-state index in [1.807, 2.05) is 85.8 Å². The number of aromatic nitrogens is 3. The van der Waals surface area contributed by atoms with Gasteiger partial charge in [-0.15, -0.1) is 4.68 Å². The Morgan fingerprint density at radius 3 is 2.34 bits per heavy atom. The molecule has 0 saturated heterocycles. The molecule has 200 valence electrons. The van der Waals surface area contributed by atoms with Gasteiger partial charge in [-0.2, -0.15) is 10.2 Å². The summed E-state index contributed by atoms with van der Waals surface area (Å²) >= 11 is 0. The number of fused-ring (bicyclic) bond motifs is 3. The second-order valence-corrected chi connectivity index (χ2v) is 10.2. The average molecular weight is 539 g/mol. The Balaban J connectivity index is 1.20. The first kappa shape index (κ1) is 24.5. The van der Waals surface area contributed by atoms with Crippen LogP contribution in [0.3, 0.4) is 0 Å². The first-order valence-electron chi connectivity index (χ1n) is 13.4. The third-order valence-electron chi connectivity index (χ3n) is 7.47. The van der Waals surface area contributed by atoms with Crippen molar-refractivity contribution in [2.75, 3.05) is 5.01 Å². The number of nitrogens with zero attached hydrogens (tertiary/aromatic N) is 4. The van der Waals surface area contributed by atoms with Crippen LogP contribution in [0.15, 0.2) is 123 Å². The summed E-state index contributed by atoms with van der Waals surface area (Å²) in [7, 11) is 0. The van der Waals surface area contributed by atoms with E-state index in [1.165, 1.54) is 11.8 Å². The molecule has 0 spiro atoms. The maximum absolute atomic E-state index is 13.1. The van der Waals surface area contributed by atoms with Gasteiger partial charge in [0.1, 0.15) is 5.52 Å². The largest absolute Gasteiger partial charge is 0.350 e. The minimum atomic E-state index is -0.594. The number of anilines is 1. The van der Waals surface area contributed by atoms with E-state index in [1.54, 1.807) is 0 Å². The maximum Gasteiger partial charge on any atom is 0.350 e. The molecule has 2 N–H and O–H groups in total. The zero-order valence-corrected chi connectivity index (χ0v) is 22.3. The standard InChI is InChI=1S/C33H26N6O2/c1-21-12-17-27-26(18-21)30-31(35-27)32(40)39(33(41)36-30)34-20-22-13-15-25(16-14-22)38-29(24-10-6-3-7-11-24)19-28(37-38)23-8-4-2-5-9-23/h2-18,20,29,35H,19H2,1H3,(H,36,41)/b34-20-/t29-/m1/s1. The summed E-state index contributed by atoms with van der Waals surface area (Å²) in [6.07, 6.45) is 2.30. The predicted octanol–water partition coefficient (Wildman–Crippen LogP) is 5.72. The molecule has 2 aromatic heterocycles. The smallest absolute Gasteiger partial charge is 0.349 e. The number of benzene rings is 4. The fraction of sp³-hybridized carbons (Fsp3) is 0.0909. The van der Waals surface area contributed by atoms with Crippen molar-refractivity contribution in [3.8, 4) is 0 Å². The minimum Gasteiger partial charge on any atom is -0.349 e. The number of hydrogen-bond donors (Lipinski definition) is 2. The van der Waals surface area contributed by atoms with Crippen LogP contribution < -0.4 is 16.3 Å². The molecule has 0 radical (unpaired) electrons. The molecule has 1 atom stereocenters. The lowest BCUT2D eigenvalue weighted by Crippen LogP contribution is -2.32. The molecule has 8 heteroatoms. The van der Waals surface area contributed by atoms with Crippen LogP contribution in [0.25, 0.3) is 21.9 Å². The van der Waals surface area contributed by atoms with E-state index in [-0.39, 0.29) is 6.04 Å². The van der Waals surface area contributed by atoms with Gasteiger partial charge in [-0.25, -0.2) is 4.79 Å². The van der Waals surface area contributed by atoms with Gasteiger partial charge >= 0.3 is 11.2 Å². The maximum atomic E-state index is 13.1. The summed E-state index contributed by atoms with van der Waals surface area (Å²) in [4.78, 5) is 31.9. The van der Waals surface area contributed by atoms with Crippen LogP contribution in [0.5, 0.6) is 0 Å². The van der Waals surface area contributed by atoms with Gasteiger partial charge in [0.15, 0.2) is 0 Å². The summed E-state index contributed by atoms with van der Waals surface area (Å²) in [5.41, 5.74) is 6.54. The average Bonchev–Trinajstić information content (AvgIpc) is 3.61. The van der Waals surface area contributed by atoms with Gasteiger partial charge in [0.2, 0.25) is 0 Å². The summed E-state index contributed by atoms with van der Waals surface area (Å²) in [6.45, 7) is 1.97. The number of H-pyrrole nitrogens is 2. The van der Waals surface area contributed by atoms with Crippen molar-refractivity contribution >= 4 is 39.5 Å². The van der Waals surface area contributed by atoms with E-state index in [0.717, 1.165) is 50.1 Å². The zero-order valence-electron chi connectivity index (χ0n) is 22.3. The van der Waals surface area contributed by atoms with Gasteiger partial charge < -0.3 is 9.97 Å². The molecular weight excluding hydrogens is 512 g/mol. The molecule has 1 aliphatic heterocycles. The lowest BCUT2D eigenvalue weighted by Gasteiger charge is -2.24. The van der Waals surface area contributed by atoms with Gasteiger partial charge in [-0.3, -0.25) is 9.80 Å². The molecule has 0 unspecified atom stereocenters. The first-order valence-corrected chi connectivity index (χ1v) is 13.4. The van der Waals surface area contributed by atoms with Gasteiger partial charge in [0, 0.05) is 17.3 Å². The third kappa shape index (κ3) is 4.45. The highest BCUT2D eigenvalue weighted by Gasteiger charge is 2.29. The van der Waals surface area contributed by atoms with E-state index in [9.17, 15) is 9.59 Å². The number of hydrazone groups is 1. The minimum absolute atomic E-state index is 0.0647. The number of aryl methyl sites for hydroxylation is 1. The van der Waals surface area contributed by atoms with Gasteiger partial charge in [0.25, 0.3) is 0 Å². The van der Waals surface area contributed by atoms with Crippen LogP contribution in [-0.4, -0.2) is 26.6 Å². The molecule has 1 aliphatic rings. The molecule has 3 heterocycles. The Hall–Kier alpha value is -5.50. The Morgan fingerprint density at radius 2 is 1.59 bits per heavy atom. The normalized spacial score (nSPS) is 15.3.